The Balaban J connectivity index is 1.56. The van der Waals surface area contributed by atoms with Crippen LogP contribution in [0.15, 0.2) is 71.3 Å². The number of aromatic nitrogens is 2. The van der Waals surface area contributed by atoms with E-state index < -0.39 is 0 Å². The van der Waals surface area contributed by atoms with Gasteiger partial charge in [-0.1, -0.05) is 30.3 Å². The molecule has 5 heteroatoms. The molecule has 0 atom stereocenters. The third-order valence-electron chi connectivity index (χ3n) is 3.45. The van der Waals surface area contributed by atoms with E-state index in [0.29, 0.717) is 18.5 Å². The first-order chi connectivity index (χ1) is 11.2. The van der Waals surface area contributed by atoms with Crippen LogP contribution >= 0.6 is 15.9 Å². The van der Waals surface area contributed by atoms with E-state index in [1.807, 2.05) is 65.5 Å². The summed E-state index contributed by atoms with van der Waals surface area (Å²) in [5.41, 5.74) is 2.61. The van der Waals surface area contributed by atoms with Gasteiger partial charge in [-0.05, 0) is 46.3 Å². The lowest BCUT2D eigenvalue weighted by Crippen LogP contribution is -2.26. The molecule has 0 fully saturated rings. The van der Waals surface area contributed by atoms with Crippen molar-refractivity contribution in [2.24, 2.45) is 0 Å². The normalized spacial score (nSPS) is 10.5. The number of halogens is 1. The van der Waals surface area contributed by atoms with Crippen LogP contribution in [-0.4, -0.2) is 22.2 Å². The van der Waals surface area contributed by atoms with Crippen LogP contribution < -0.4 is 5.32 Å². The van der Waals surface area contributed by atoms with E-state index in [4.69, 9.17) is 0 Å². The van der Waals surface area contributed by atoms with Crippen LogP contribution in [0.5, 0.6) is 0 Å². The Morgan fingerprint density at radius 2 is 1.78 bits per heavy atom. The van der Waals surface area contributed by atoms with Gasteiger partial charge in [0.15, 0.2) is 0 Å². The number of nitrogens with zero attached hydrogens (tertiary/aromatic N) is 2. The van der Waals surface area contributed by atoms with E-state index in [0.717, 1.165) is 15.9 Å². The summed E-state index contributed by atoms with van der Waals surface area (Å²) in [5, 5.41) is 7.44. The summed E-state index contributed by atoms with van der Waals surface area (Å²) in [4.78, 5) is 12.1. The first kappa shape index (κ1) is 15.5. The van der Waals surface area contributed by atoms with Gasteiger partial charge >= 0.3 is 0 Å². The SMILES string of the molecule is O=C(NCCc1ccn(-c2ccccc2)n1)c1ccccc1Br. The first-order valence-corrected chi connectivity index (χ1v) is 8.16. The molecule has 2 aromatic carbocycles. The topological polar surface area (TPSA) is 46.9 Å². The molecule has 1 heterocycles. The first-order valence-electron chi connectivity index (χ1n) is 7.37. The zero-order valence-electron chi connectivity index (χ0n) is 12.4. The van der Waals surface area contributed by atoms with E-state index in [-0.39, 0.29) is 5.91 Å². The lowest BCUT2D eigenvalue weighted by Gasteiger charge is -2.05. The van der Waals surface area contributed by atoms with Crippen molar-refractivity contribution >= 4 is 21.8 Å². The molecule has 1 amide bonds. The predicted octanol–water partition coefficient (Wildman–Crippen LogP) is 3.61. The molecule has 4 nitrogen and oxygen atoms in total. The van der Waals surface area contributed by atoms with E-state index in [1.54, 1.807) is 6.07 Å². The standard InChI is InChI=1S/C18H16BrN3O/c19-17-9-5-4-8-16(17)18(23)20-12-10-14-11-13-22(21-14)15-6-2-1-3-7-15/h1-9,11,13H,10,12H2,(H,20,23). The second kappa shape index (κ2) is 7.24. The molecular formula is C18H16BrN3O. The third-order valence-corrected chi connectivity index (χ3v) is 4.14. The Morgan fingerprint density at radius 3 is 2.57 bits per heavy atom. The van der Waals surface area contributed by atoms with Gasteiger partial charge in [0.25, 0.3) is 5.91 Å². The Kier molecular flexibility index (Phi) is 4.88. The van der Waals surface area contributed by atoms with Gasteiger partial charge in [0.05, 0.1) is 16.9 Å². The molecular weight excluding hydrogens is 354 g/mol. The predicted molar refractivity (Wildman–Crippen MR) is 93.7 cm³/mol. The molecule has 0 aliphatic heterocycles. The number of carbonyl (C=O) groups is 1. The lowest BCUT2D eigenvalue weighted by atomic mass is 10.2. The molecule has 0 radical (unpaired) electrons. The van der Waals surface area contributed by atoms with Crippen molar-refractivity contribution in [3.8, 4) is 5.69 Å². The van der Waals surface area contributed by atoms with Gasteiger partial charge in [0.2, 0.25) is 0 Å². The second-order valence-corrected chi connectivity index (χ2v) is 5.93. The highest BCUT2D eigenvalue weighted by Gasteiger charge is 2.08. The molecule has 0 bridgehead atoms. The summed E-state index contributed by atoms with van der Waals surface area (Å²) < 4.78 is 2.64. The summed E-state index contributed by atoms with van der Waals surface area (Å²) in [6.45, 7) is 0.548. The summed E-state index contributed by atoms with van der Waals surface area (Å²) in [5.74, 6) is -0.0834. The number of benzene rings is 2. The average molecular weight is 370 g/mol. The maximum Gasteiger partial charge on any atom is 0.252 e. The highest BCUT2D eigenvalue weighted by atomic mass is 79.9. The molecule has 23 heavy (non-hydrogen) atoms. The fourth-order valence-corrected chi connectivity index (χ4v) is 2.73. The zero-order valence-corrected chi connectivity index (χ0v) is 14.0. The Morgan fingerprint density at radius 1 is 1.04 bits per heavy atom. The molecule has 0 saturated carbocycles. The maximum absolute atomic E-state index is 12.1. The molecule has 1 N–H and O–H groups in total. The van der Waals surface area contributed by atoms with Gasteiger partial charge in [0, 0.05) is 23.6 Å². The van der Waals surface area contributed by atoms with Crippen LogP contribution in [0.4, 0.5) is 0 Å². The summed E-state index contributed by atoms with van der Waals surface area (Å²) in [6.07, 6.45) is 2.62. The average Bonchev–Trinajstić information content (AvgIpc) is 3.05. The molecule has 0 saturated heterocycles. The van der Waals surface area contributed by atoms with E-state index in [2.05, 4.69) is 26.3 Å². The van der Waals surface area contributed by atoms with Crippen molar-refractivity contribution < 1.29 is 4.79 Å². The van der Waals surface area contributed by atoms with Crippen molar-refractivity contribution in [3.63, 3.8) is 0 Å². The number of amides is 1. The quantitative estimate of drug-likeness (QED) is 0.746. The minimum atomic E-state index is -0.0834. The molecule has 116 valence electrons. The fraction of sp³-hybridized carbons (Fsp3) is 0.111. The largest absolute Gasteiger partial charge is 0.352 e. The molecule has 0 unspecified atom stereocenters. The van der Waals surface area contributed by atoms with Gasteiger partial charge in [0.1, 0.15) is 0 Å². The number of hydrogen-bond donors (Lipinski definition) is 1. The number of para-hydroxylation sites is 1. The highest BCUT2D eigenvalue weighted by molar-refractivity contribution is 9.10. The van der Waals surface area contributed by atoms with Gasteiger partial charge in [-0.2, -0.15) is 5.10 Å². The van der Waals surface area contributed by atoms with Crippen LogP contribution in [0.3, 0.4) is 0 Å². The van der Waals surface area contributed by atoms with E-state index >= 15 is 0 Å². The molecule has 0 spiro atoms. The van der Waals surface area contributed by atoms with Crippen LogP contribution in [0.25, 0.3) is 5.69 Å². The minimum Gasteiger partial charge on any atom is -0.352 e. The van der Waals surface area contributed by atoms with Crippen molar-refractivity contribution in [3.05, 3.63) is 82.6 Å². The summed E-state index contributed by atoms with van der Waals surface area (Å²) in [6, 6.07) is 19.3. The monoisotopic (exact) mass is 369 g/mol. The van der Waals surface area contributed by atoms with Crippen molar-refractivity contribution in [1.29, 1.82) is 0 Å². The molecule has 3 rings (SSSR count). The maximum atomic E-state index is 12.1. The van der Waals surface area contributed by atoms with Crippen LogP contribution in [0.2, 0.25) is 0 Å². The number of hydrogen-bond acceptors (Lipinski definition) is 2. The summed E-state index contributed by atoms with van der Waals surface area (Å²) >= 11 is 3.39. The van der Waals surface area contributed by atoms with Gasteiger partial charge in [-0.3, -0.25) is 4.79 Å². The van der Waals surface area contributed by atoms with Crippen molar-refractivity contribution in [2.75, 3.05) is 6.54 Å². The fourth-order valence-electron chi connectivity index (χ4n) is 2.26. The van der Waals surface area contributed by atoms with Crippen molar-refractivity contribution in [2.45, 2.75) is 6.42 Å². The molecule has 0 aliphatic carbocycles. The number of carbonyl (C=O) groups excluding carboxylic acids is 1. The smallest absolute Gasteiger partial charge is 0.252 e. The number of nitrogens with one attached hydrogen (secondary N) is 1. The van der Waals surface area contributed by atoms with Crippen LogP contribution in [-0.2, 0) is 6.42 Å². The lowest BCUT2D eigenvalue weighted by molar-refractivity contribution is 0.0953. The second-order valence-electron chi connectivity index (χ2n) is 5.07. The minimum absolute atomic E-state index is 0.0834. The molecule has 3 aromatic rings. The molecule has 1 aromatic heterocycles. The number of rotatable bonds is 5. The van der Waals surface area contributed by atoms with Crippen LogP contribution in [0.1, 0.15) is 16.1 Å². The zero-order chi connectivity index (χ0) is 16.1. The van der Waals surface area contributed by atoms with Gasteiger partial charge in [-0.15, -0.1) is 0 Å². The van der Waals surface area contributed by atoms with Gasteiger partial charge in [-0.25, -0.2) is 4.68 Å². The van der Waals surface area contributed by atoms with Crippen molar-refractivity contribution in [1.82, 2.24) is 15.1 Å². The summed E-state index contributed by atoms with van der Waals surface area (Å²) in [7, 11) is 0. The van der Waals surface area contributed by atoms with E-state index in [9.17, 15) is 4.79 Å². The molecule has 0 aliphatic rings. The van der Waals surface area contributed by atoms with Crippen LogP contribution in [0, 0.1) is 0 Å². The highest BCUT2D eigenvalue weighted by Crippen LogP contribution is 2.15. The van der Waals surface area contributed by atoms with E-state index in [1.165, 1.54) is 0 Å². The van der Waals surface area contributed by atoms with Gasteiger partial charge < -0.3 is 5.32 Å². The Bertz CT molecular complexity index is 799. The Hall–Kier alpha value is -2.40. The Labute approximate surface area is 143 Å². The third kappa shape index (κ3) is 3.87.